The van der Waals surface area contributed by atoms with Crippen LogP contribution in [-0.4, -0.2) is 34.8 Å². The number of carbonyl (C=O) groups is 2. The highest BCUT2D eigenvalue weighted by atomic mass is 79.9. The molecule has 1 aliphatic rings. The molecule has 0 aromatic carbocycles. The summed E-state index contributed by atoms with van der Waals surface area (Å²) in [4.78, 5) is 21.9. The maximum Gasteiger partial charge on any atom is 0.316 e. The van der Waals surface area contributed by atoms with Crippen molar-refractivity contribution in [3.05, 3.63) is 0 Å². The Balaban J connectivity index is 2.26. The van der Waals surface area contributed by atoms with E-state index in [-0.39, 0.29) is 34.8 Å². The first-order valence-corrected chi connectivity index (χ1v) is 6.91. The molecule has 1 fully saturated rings. The Labute approximate surface area is 105 Å². The Morgan fingerprint density at radius 2 is 1.40 bits per heavy atom. The van der Waals surface area contributed by atoms with Gasteiger partial charge in [-0.2, -0.15) is 0 Å². The third kappa shape index (κ3) is 4.51. The summed E-state index contributed by atoms with van der Waals surface area (Å²) >= 11 is 6.05. The number of halogens is 2. The van der Waals surface area contributed by atoms with Crippen LogP contribution in [0, 0.1) is 0 Å². The minimum atomic E-state index is -0.271. The topological polar surface area (TPSA) is 52.6 Å². The molecule has 4 nitrogen and oxygen atoms in total. The fourth-order valence-corrected chi connectivity index (χ4v) is 1.81. The van der Waals surface area contributed by atoms with E-state index in [4.69, 9.17) is 9.47 Å². The summed E-state index contributed by atoms with van der Waals surface area (Å²) in [6.07, 6.45) is 1.92. The lowest BCUT2D eigenvalue weighted by molar-refractivity contribution is -0.147. The van der Waals surface area contributed by atoms with Gasteiger partial charge in [-0.1, -0.05) is 31.9 Å². The number of ether oxygens (including phenoxy) is 2. The highest BCUT2D eigenvalue weighted by Crippen LogP contribution is 2.25. The maximum atomic E-state index is 11.0. The van der Waals surface area contributed by atoms with Gasteiger partial charge in [0, 0.05) is 6.42 Å². The molecule has 15 heavy (non-hydrogen) atoms. The van der Waals surface area contributed by atoms with Crippen LogP contribution >= 0.6 is 31.9 Å². The lowest BCUT2D eigenvalue weighted by atomic mass is 10.3. The van der Waals surface area contributed by atoms with Crippen LogP contribution in [0.25, 0.3) is 0 Å². The van der Waals surface area contributed by atoms with E-state index in [9.17, 15) is 9.59 Å². The third-order valence-electron chi connectivity index (χ3n) is 2.15. The number of carbonyl (C=O) groups excluding carboxylic acids is 2. The summed E-state index contributed by atoms with van der Waals surface area (Å²) < 4.78 is 10.2. The first-order valence-electron chi connectivity index (χ1n) is 4.66. The van der Waals surface area contributed by atoms with E-state index in [1.807, 2.05) is 0 Å². The lowest BCUT2D eigenvalue weighted by Crippen LogP contribution is -2.19. The van der Waals surface area contributed by atoms with E-state index in [0.29, 0.717) is 6.42 Å². The van der Waals surface area contributed by atoms with E-state index in [0.717, 1.165) is 12.8 Å². The molecule has 1 aliphatic carbocycles. The van der Waals surface area contributed by atoms with Crippen LogP contribution in [0.3, 0.4) is 0 Å². The van der Waals surface area contributed by atoms with E-state index in [2.05, 4.69) is 31.9 Å². The van der Waals surface area contributed by atoms with Gasteiger partial charge in [0.15, 0.2) is 0 Å². The van der Waals surface area contributed by atoms with Gasteiger partial charge in [0.2, 0.25) is 0 Å². The van der Waals surface area contributed by atoms with Gasteiger partial charge < -0.3 is 9.47 Å². The molecule has 0 saturated heterocycles. The van der Waals surface area contributed by atoms with Gasteiger partial charge >= 0.3 is 11.9 Å². The molecule has 0 heterocycles. The minimum absolute atomic E-state index is 0.108. The normalized spacial score (nSPS) is 24.9. The van der Waals surface area contributed by atoms with Gasteiger partial charge in [0.05, 0.1) is 0 Å². The molecule has 1 rings (SSSR count). The summed E-state index contributed by atoms with van der Waals surface area (Å²) in [7, 11) is 0. The van der Waals surface area contributed by atoms with E-state index in [1.54, 1.807) is 0 Å². The molecule has 0 aliphatic heterocycles. The molecule has 2 atom stereocenters. The molecular weight excluding hydrogens is 332 g/mol. The quantitative estimate of drug-likeness (QED) is 0.576. The first kappa shape index (κ1) is 13.0. The number of alkyl halides is 2. The monoisotopic (exact) mass is 342 g/mol. The van der Waals surface area contributed by atoms with Crippen molar-refractivity contribution in [3.8, 4) is 0 Å². The first-order chi connectivity index (χ1) is 7.15. The van der Waals surface area contributed by atoms with Gasteiger partial charge in [-0.05, 0) is 12.8 Å². The SMILES string of the molecule is O=C(CBr)OC1CCC(OC(=O)CBr)C1. The zero-order chi connectivity index (χ0) is 11.3. The van der Waals surface area contributed by atoms with Crippen LogP contribution in [0.2, 0.25) is 0 Å². The van der Waals surface area contributed by atoms with Crippen LogP contribution in [0.15, 0.2) is 0 Å². The van der Waals surface area contributed by atoms with Crippen LogP contribution < -0.4 is 0 Å². The number of rotatable bonds is 4. The molecule has 6 heteroatoms. The molecular formula is C9H12Br2O4. The molecule has 0 spiro atoms. The molecule has 0 amide bonds. The van der Waals surface area contributed by atoms with Crippen LogP contribution in [0.1, 0.15) is 19.3 Å². The van der Waals surface area contributed by atoms with Crippen LogP contribution in [0.5, 0.6) is 0 Å². The average molecular weight is 344 g/mol. The van der Waals surface area contributed by atoms with E-state index in [1.165, 1.54) is 0 Å². The molecule has 86 valence electrons. The molecule has 1 saturated carbocycles. The van der Waals surface area contributed by atoms with Crippen molar-refractivity contribution in [2.45, 2.75) is 31.5 Å². The van der Waals surface area contributed by atoms with Crippen molar-refractivity contribution in [2.75, 3.05) is 10.7 Å². The highest BCUT2D eigenvalue weighted by molar-refractivity contribution is 9.09. The van der Waals surface area contributed by atoms with Crippen molar-refractivity contribution < 1.29 is 19.1 Å². The van der Waals surface area contributed by atoms with Gasteiger partial charge in [-0.15, -0.1) is 0 Å². The largest absolute Gasteiger partial charge is 0.462 e. The summed E-state index contributed by atoms with van der Waals surface area (Å²) in [5.74, 6) is -0.542. The third-order valence-corrected chi connectivity index (χ3v) is 3.07. The molecule has 0 bridgehead atoms. The molecule has 0 N–H and O–H groups in total. The molecule has 0 radical (unpaired) electrons. The zero-order valence-corrected chi connectivity index (χ0v) is 11.3. The predicted octanol–water partition coefficient (Wildman–Crippen LogP) is 1.78. The van der Waals surface area contributed by atoms with E-state index < -0.39 is 0 Å². The summed E-state index contributed by atoms with van der Waals surface area (Å²) in [6, 6.07) is 0. The number of esters is 2. The van der Waals surface area contributed by atoms with Crippen LogP contribution in [-0.2, 0) is 19.1 Å². The van der Waals surface area contributed by atoms with Crippen molar-refractivity contribution in [2.24, 2.45) is 0 Å². The predicted molar refractivity (Wildman–Crippen MR) is 61.2 cm³/mol. The van der Waals surface area contributed by atoms with Crippen molar-refractivity contribution in [3.63, 3.8) is 0 Å². The van der Waals surface area contributed by atoms with Gasteiger partial charge in [-0.25, -0.2) is 0 Å². The Kier molecular flexibility index (Phi) is 5.60. The fourth-order valence-electron chi connectivity index (χ4n) is 1.55. The number of hydrogen-bond donors (Lipinski definition) is 0. The Morgan fingerprint density at radius 3 is 1.73 bits per heavy atom. The Bertz CT molecular complexity index is 220. The van der Waals surface area contributed by atoms with Gasteiger partial charge in [-0.3, -0.25) is 9.59 Å². The molecule has 2 unspecified atom stereocenters. The summed E-state index contributed by atoms with van der Waals surface area (Å²) in [6.45, 7) is 0. The second-order valence-electron chi connectivity index (χ2n) is 3.30. The van der Waals surface area contributed by atoms with Gasteiger partial charge in [0.25, 0.3) is 0 Å². The van der Waals surface area contributed by atoms with Crippen molar-refractivity contribution in [1.29, 1.82) is 0 Å². The smallest absolute Gasteiger partial charge is 0.316 e. The number of hydrogen-bond acceptors (Lipinski definition) is 4. The highest BCUT2D eigenvalue weighted by Gasteiger charge is 2.29. The second-order valence-corrected chi connectivity index (χ2v) is 4.43. The second kappa shape index (κ2) is 6.48. The zero-order valence-electron chi connectivity index (χ0n) is 8.08. The standard InChI is InChI=1S/C9H12Br2O4/c10-4-8(12)14-6-1-2-7(3-6)15-9(13)5-11/h6-7H,1-5H2. The minimum Gasteiger partial charge on any atom is -0.462 e. The van der Waals surface area contributed by atoms with Crippen molar-refractivity contribution in [1.82, 2.24) is 0 Å². The van der Waals surface area contributed by atoms with E-state index >= 15 is 0 Å². The van der Waals surface area contributed by atoms with Crippen LogP contribution in [0.4, 0.5) is 0 Å². The fraction of sp³-hybridized carbons (Fsp3) is 0.778. The summed E-state index contributed by atoms with van der Waals surface area (Å²) in [5, 5.41) is 0.407. The Morgan fingerprint density at radius 1 is 1.00 bits per heavy atom. The van der Waals surface area contributed by atoms with Gasteiger partial charge in [0.1, 0.15) is 22.9 Å². The lowest BCUT2D eigenvalue weighted by Gasteiger charge is -2.12. The maximum absolute atomic E-state index is 11.0. The van der Waals surface area contributed by atoms with Crippen molar-refractivity contribution >= 4 is 43.8 Å². The molecule has 0 aromatic heterocycles. The Hall–Kier alpha value is -0.100. The summed E-state index contributed by atoms with van der Waals surface area (Å²) in [5.41, 5.74) is 0. The molecule has 0 aromatic rings. The average Bonchev–Trinajstić information content (AvgIpc) is 2.65.